The molecule has 0 radical (unpaired) electrons. The molecule has 1 aromatic carbocycles. The summed E-state index contributed by atoms with van der Waals surface area (Å²) in [5, 5.41) is 0. The zero-order valence-corrected chi connectivity index (χ0v) is 12.9. The number of nitrogens with zero attached hydrogens (tertiary/aromatic N) is 1. The fourth-order valence-electron chi connectivity index (χ4n) is 1.95. The third-order valence-electron chi connectivity index (χ3n) is 3.31. The second-order valence-corrected chi connectivity index (χ2v) is 5.27. The predicted octanol–water partition coefficient (Wildman–Crippen LogP) is 2.82. The van der Waals surface area contributed by atoms with Crippen molar-refractivity contribution in [1.29, 1.82) is 0 Å². The maximum Gasteiger partial charge on any atom is 0.129 e. The van der Waals surface area contributed by atoms with Crippen molar-refractivity contribution in [3.63, 3.8) is 0 Å². The topological polar surface area (TPSA) is 38.5 Å². The second-order valence-electron chi connectivity index (χ2n) is 4.83. The van der Waals surface area contributed by atoms with E-state index in [1.54, 1.807) is 0 Å². The Morgan fingerprint density at radius 1 is 1.42 bits per heavy atom. The minimum atomic E-state index is 0.378. The lowest BCUT2D eigenvalue weighted by Crippen LogP contribution is -2.32. The maximum atomic E-state index is 5.79. The van der Waals surface area contributed by atoms with Gasteiger partial charge in [-0.15, -0.1) is 0 Å². The van der Waals surface area contributed by atoms with Gasteiger partial charge in [0.25, 0.3) is 0 Å². The van der Waals surface area contributed by atoms with Crippen LogP contribution in [0, 0.1) is 0 Å². The molecule has 1 atom stereocenters. The molecule has 106 valence electrons. The summed E-state index contributed by atoms with van der Waals surface area (Å²) in [4.78, 5) is 2.69. The summed E-state index contributed by atoms with van der Waals surface area (Å²) in [5.41, 5.74) is 6.48. The van der Waals surface area contributed by atoms with Gasteiger partial charge in [0, 0.05) is 12.6 Å². The van der Waals surface area contributed by atoms with Crippen molar-refractivity contribution in [2.45, 2.75) is 32.7 Å². The summed E-state index contributed by atoms with van der Waals surface area (Å²) in [6.07, 6.45) is 2.41. The zero-order chi connectivity index (χ0) is 14.3. The average molecular weight is 280 g/mol. The molecule has 0 aliphatic rings. The van der Waals surface area contributed by atoms with Crippen LogP contribution in [-0.2, 0) is 0 Å². The van der Waals surface area contributed by atoms with Crippen LogP contribution in [0.25, 0.3) is 0 Å². The largest absolute Gasteiger partial charge is 0.492 e. The number of hydrogen-bond donors (Lipinski definition) is 1. The van der Waals surface area contributed by atoms with Crippen LogP contribution in [0.3, 0.4) is 0 Å². The van der Waals surface area contributed by atoms with E-state index >= 15 is 0 Å². The van der Waals surface area contributed by atoms with Crippen LogP contribution < -0.4 is 10.5 Å². The van der Waals surface area contributed by atoms with E-state index in [9.17, 15) is 0 Å². The first-order valence-corrected chi connectivity index (χ1v) is 7.19. The maximum absolute atomic E-state index is 5.79. The first kappa shape index (κ1) is 15.9. The highest BCUT2D eigenvalue weighted by Gasteiger charge is 2.09. The first-order chi connectivity index (χ1) is 9.06. The molecule has 0 aromatic heterocycles. The summed E-state index contributed by atoms with van der Waals surface area (Å²) in [5.74, 6) is 0.770. The number of rotatable bonds is 8. The van der Waals surface area contributed by atoms with Gasteiger partial charge in [0.2, 0.25) is 0 Å². The molecule has 0 spiro atoms. The Labute approximate surface area is 121 Å². The van der Waals surface area contributed by atoms with Gasteiger partial charge in [-0.1, -0.05) is 37.7 Å². The quantitative estimate of drug-likeness (QED) is 0.743. The van der Waals surface area contributed by atoms with Crippen molar-refractivity contribution < 1.29 is 4.74 Å². The van der Waals surface area contributed by atoms with Crippen molar-refractivity contribution in [1.82, 2.24) is 4.90 Å². The molecular weight excluding hydrogens is 256 g/mol. The number of benzene rings is 1. The summed E-state index contributed by atoms with van der Waals surface area (Å²) < 4.78 is 5.79. The number of thiocarbonyl (C=S) groups is 1. The number of nitrogens with two attached hydrogens (primary N) is 1. The van der Waals surface area contributed by atoms with Crippen LogP contribution in [0.2, 0.25) is 0 Å². The number of hydrogen-bond acceptors (Lipinski definition) is 3. The van der Waals surface area contributed by atoms with E-state index < -0.39 is 0 Å². The van der Waals surface area contributed by atoms with Crippen LogP contribution in [0.4, 0.5) is 0 Å². The molecular formula is C15H24N2OS. The Morgan fingerprint density at radius 3 is 2.74 bits per heavy atom. The monoisotopic (exact) mass is 280 g/mol. The van der Waals surface area contributed by atoms with Gasteiger partial charge in [0.05, 0.1) is 5.56 Å². The van der Waals surface area contributed by atoms with E-state index in [0.29, 0.717) is 17.6 Å². The molecule has 0 saturated carbocycles. The van der Waals surface area contributed by atoms with E-state index in [-0.39, 0.29) is 0 Å². The van der Waals surface area contributed by atoms with Crippen LogP contribution in [0.1, 0.15) is 32.3 Å². The number of likely N-dealkylation sites (N-methyl/N-ethyl adjacent to an activating group) is 1. The average Bonchev–Trinajstić information content (AvgIpc) is 2.39. The van der Waals surface area contributed by atoms with E-state index in [0.717, 1.165) is 17.9 Å². The Kier molecular flexibility index (Phi) is 6.81. The normalized spacial score (nSPS) is 12.4. The molecule has 0 heterocycles. The molecule has 4 heteroatoms. The smallest absolute Gasteiger partial charge is 0.129 e. The predicted molar refractivity (Wildman–Crippen MR) is 84.8 cm³/mol. The summed E-state index contributed by atoms with van der Waals surface area (Å²) in [6, 6.07) is 8.22. The second kappa shape index (κ2) is 8.12. The molecule has 3 nitrogen and oxygen atoms in total. The fraction of sp³-hybridized carbons (Fsp3) is 0.533. The van der Waals surface area contributed by atoms with Crippen LogP contribution in [0.5, 0.6) is 5.75 Å². The lowest BCUT2D eigenvalue weighted by molar-refractivity contribution is 0.193. The van der Waals surface area contributed by atoms with Crippen LogP contribution in [0.15, 0.2) is 24.3 Å². The molecule has 2 N–H and O–H groups in total. The molecule has 0 fully saturated rings. The zero-order valence-electron chi connectivity index (χ0n) is 12.1. The minimum Gasteiger partial charge on any atom is -0.492 e. The lowest BCUT2D eigenvalue weighted by atomic mass is 10.2. The van der Waals surface area contributed by atoms with E-state index in [1.807, 2.05) is 24.3 Å². The number of ether oxygens (including phenoxy) is 1. The van der Waals surface area contributed by atoms with Crippen molar-refractivity contribution in [3.05, 3.63) is 29.8 Å². The van der Waals surface area contributed by atoms with Gasteiger partial charge < -0.3 is 15.4 Å². The molecule has 1 unspecified atom stereocenters. The van der Waals surface area contributed by atoms with Crippen molar-refractivity contribution in [3.8, 4) is 5.75 Å². The van der Waals surface area contributed by atoms with Gasteiger partial charge in [0.1, 0.15) is 17.3 Å². The van der Waals surface area contributed by atoms with Gasteiger partial charge in [-0.2, -0.15) is 0 Å². The van der Waals surface area contributed by atoms with E-state index in [2.05, 4.69) is 25.8 Å². The Bertz CT molecular complexity index is 409. The van der Waals surface area contributed by atoms with E-state index in [1.165, 1.54) is 12.8 Å². The summed E-state index contributed by atoms with van der Waals surface area (Å²) in [7, 11) is 2.13. The standard InChI is InChI=1S/C15H24N2OS/c1-4-7-12(2)17(3)10-11-18-14-9-6-5-8-13(14)15(16)19/h5-6,8-9,12H,4,7,10-11H2,1-3H3,(H2,16,19). The van der Waals surface area contributed by atoms with Crippen molar-refractivity contribution in [2.75, 3.05) is 20.2 Å². The molecule has 0 bridgehead atoms. The molecule has 1 rings (SSSR count). The van der Waals surface area contributed by atoms with Gasteiger partial charge in [-0.3, -0.25) is 0 Å². The highest BCUT2D eigenvalue weighted by molar-refractivity contribution is 7.80. The van der Waals surface area contributed by atoms with Gasteiger partial charge in [-0.25, -0.2) is 0 Å². The Balaban J connectivity index is 2.47. The highest BCUT2D eigenvalue weighted by Crippen LogP contribution is 2.17. The lowest BCUT2D eigenvalue weighted by Gasteiger charge is -2.24. The van der Waals surface area contributed by atoms with Gasteiger partial charge in [-0.05, 0) is 32.5 Å². The molecule has 0 aliphatic heterocycles. The van der Waals surface area contributed by atoms with E-state index in [4.69, 9.17) is 22.7 Å². The number of para-hydroxylation sites is 1. The molecule has 0 saturated heterocycles. The highest BCUT2D eigenvalue weighted by atomic mass is 32.1. The minimum absolute atomic E-state index is 0.378. The van der Waals surface area contributed by atoms with Crippen molar-refractivity contribution >= 4 is 17.2 Å². The molecule has 19 heavy (non-hydrogen) atoms. The van der Waals surface area contributed by atoms with Crippen molar-refractivity contribution in [2.24, 2.45) is 5.73 Å². The SMILES string of the molecule is CCCC(C)N(C)CCOc1ccccc1C(N)=S. The first-order valence-electron chi connectivity index (χ1n) is 6.78. The van der Waals surface area contributed by atoms with Gasteiger partial charge in [0.15, 0.2) is 0 Å². The Morgan fingerprint density at radius 2 is 2.11 bits per heavy atom. The summed E-state index contributed by atoms with van der Waals surface area (Å²) in [6.45, 7) is 5.99. The van der Waals surface area contributed by atoms with Gasteiger partial charge >= 0.3 is 0 Å². The molecule has 0 aliphatic carbocycles. The fourth-order valence-corrected chi connectivity index (χ4v) is 2.12. The van der Waals surface area contributed by atoms with Crippen LogP contribution >= 0.6 is 12.2 Å². The Hall–Kier alpha value is -1.13. The molecule has 1 aromatic rings. The summed E-state index contributed by atoms with van der Waals surface area (Å²) >= 11 is 5.01. The third-order valence-corrected chi connectivity index (χ3v) is 3.53. The third kappa shape index (κ3) is 5.17. The van der Waals surface area contributed by atoms with Crippen LogP contribution in [-0.4, -0.2) is 36.1 Å². The molecule has 0 amide bonds.